The topological polar surface area (TPSA) is 12.0 Å². The molecule has 12 heavy (non-hydrogen) atoms. The molecule has 0 aromatic heterocycles. The molecule has 1 nitrogen and oxygen atoms in total. The van der Waals surface area contributed by atoms with Crippen LogP contribution in [0.1, 0.15) is 46.5 Å². The predicted octanol–water partition coefficient (Wildman–Crippen LogP) is 2.81. The fourth-order valence-corrected chi connectivity index (χ4v) is 2.27. The Morgan fingerprint density at radius 3 is 2.42 bits per heavy atom. The SMILES string of the molecule is CCC(C)(CC)C1CCCNC1. The molecule has 0 aliphatic carbocycles. The maximum Gasteiger partial charge on any atom is -0.00153 e. The van der Waals surface area contributed by atoms with Gasteiger partial charge in [0.05, 0.1) is 0 Å². The minimum Gasteiger partial charge on any atom is -0.316 e. The maximum atomic E-state index is 3.51. The van der Waals surface area contributed by atoms with Gasteiger partial charge in [0.25, 0.3) is 0 Å². The molecule has 1 aliphatic rings. The van der Waals surface area contributed by atoms with Crippen molar-refractivity contribution in [3.63, 3.8) is 0 Å². The quantitative estimate of drug-likeness (QED) is 0.685. The first-order chi connectivity index (χ1) is 5.73. The Bertz CT molecular complexity index is 121. The molecule has 1 unspecified atom stereocenters. The Balaban J connectivity index is 2.51. The molecule has 1 fully saturated rings. The number of nitrogens with one attached hydrogen (secondary N) is 1. The Hall–Kier alpha value is -0.0400. The van der Waals surface area contributed by atoms with Gasteiger partial charge in [-0.05, 0) is 37.3 Å². The van der Waals surface area contributed by atoms with Gasteiger partial charge in [-0.1, -0.05) is 33.6 Å². The monoisotopic (exact) mass is 169 g/mol. The van der Waals surface area contributed by atoms with E-state index in [0.29, 0.717) is 5.41 Å². The summed E-state index contributed by atoms with van der Waals surface area (Å²) in [6.45, 7) is 9.60. The second-order valence-corrected chi connectivity index (χ2v) is 4.40. The molecule has 0 aromatic rings. The first kappa shape index (κ1) is 10.0. The molecule has 1 aliphatic heterocycles. The summed E-state index contributed by atoms with van der Waals surface area (Å²) in [5.74, 6) is 0.918. The largest absolute Gasteiger partial charge is 0.316 e. The molecule has 1 N–H and O–H groups in total. The van der Waals surface area contributed by atoms with Gasteiger partial charge in [-0.2, -0.15) is 0 Å². The Kier molecular flexibility index (Phi) is 3.57. The van der Waals surface area contributed by atoms with Crippen molar-refractivity contribution in [2.24, 2.45) is 11.3 Å². The van der Waals surface area contributed by atoms with Gasteiger partial charge in [0.2, 0.25) is 0 Å². The molecule has 72 valence electrons. The summed E-state index contributed by atoms with van der Waals surface area (Å²) in [6.07, 6.45) is 5.47. The predicted molar refractivity (Wildman–Crippen MR) is 54.3 cm³/mol. The van der Waals surface area contributed by atoms with Crippen molar-refractivity contribution in [2.75, 3.05) is 13.1 Å². The van der Waals surface area contributed by atoms with E-state index in [1.807, 2.05) is 0 Å². The van der Waals surface area contributed by atoms with Gasteiger partial charge in [-0.15, -0.1) is 0 Å². The highest BCUT2D eigenvalue weighted by molar-refractivity contribution is 4.84. The fourth-order valence-electron chi connectivity index (χ4n) is 2.27. The molecule has 0 amide bonds. The lowest BCUT2D eigenvalue weighted by molar-refractivity contribution is 0.137. The second kappa shape index (κ2) is 4.27. The van der Waals surface area contributed by atoms with Crippen LogP contribution in [0.25, 0.3) is 0 Å². The van der Waals surface area contributed by atoms with Crippen LogP contribution >= 0.6 is 0 Å². The molecule has 0 radical (unpaired) electrons. The molecule has 1 rings (SSSR count). The van der Waals surface area contributed by atoms with E-state index in [4.69, 9.17) is 0 Å². The van der Waals surface area contributed by atoms with E-state index in [1.165, 1.54) is 38.8 Å². The first-order valence-electron chi connectivity index (χ1n) is 5.43. The molecular weight excluding hydrogens is 146 g/mol. The number of hydrogen-bond donors (Lipinski definition) is 1. The van der Waals surface area contributed by atoms with Crippen LogP contribution in [0.4, 0.5) is 0 Å². The average molecular weight is 169 g/mol. The molecule has 1 heterocycles. The van der Waals surface area contributed by atoms with Gasteiger partial charge >= 0.3 is 0 Å². The van der Waals surface area contributed by atoms with Crippen LogP contribution < -0.4 is 5.32 Å². The molecule has 1 saturated heterocycles. The van der Waals surface area contributed by atoms with E-state index < -0.39 is 0 Å². The van der Waals surface area contributed by atoms with Gasteiger partial charge in [0, 0.05) is 0 Å². The smallest absolute Gasteiger partial charge is 0.00153 e. The zero-order valence-electron chi connectivity index (χ0n) is 8.82. The van der Waals surface area contributed by atoms with Crippen molar-refractivity contribution >= 4 is 0 Å². The third-order valence-electron chi connectivity index (χ3n) is 3.90. The van der Waals surface area contributed by atoms with Gasteiger partial charge < -0.3 is 5.32 Å². The summed E-state index contributed by atoms with van der Waals surface area (Å²) in [6, 6.07) is 0. The van der Waals surface area contributed by atoms with Gasteiger partial charge in [-0.25, -0.2) is 0 Å². The summed E-state index contributed by atoms with van der Waals surface area (Å²) in [4.78, 5) is 0. The minimum atomic E-state index is 0.591. The van der Waals surface area contributed by atoms with Crippen LogP contribution in [0.15, 0.2) is 0 Å². The Morgan fingerprint density at radius 2 is 2.00 bits per heavy atom. The summed E-state index contributed by atoms with van der Waals surface area (Å²) in [7, 11) is 0. The molecule has 0 bridgehead atoms. The third kappa shape index (κ3) is 2.01. The van der Waals surface area contributed by atoms with Crippen molar-refractivity contribution in [3.05, 3.63) is 0 Å². The molecule has 1 atom stereocenters. The van der Waals surface area contributed by atoms with Crippen LogP contribution in [0.5, 0.6) is 0 Å². The van der Waals surface area contributed by atoms with Crippen LogP contribution in [-0.2, 0) is 0 Å². The Morgan fingerprint density at radius 1 is 1.33 bits per heavy atom. The highest BCUT2D eigenvalue weighted by atomic mass is 14.9. The average Bonchev–Trinajstić information content (AvgIpc) is 2.18. The van der Waals surface area contributed by atoms with Crippen LogP contribution in [0, 0.1) is 11.3 Å². The lowest BCUT2D eigenvalue weighted by atomic mass is 9.70. The third-order valence-corrected chi connectivity index (χ3v) is 3.90. The summed E-state index contributed by atoms with van der Waals surface area (Å²) in [5.41, 5.74) is 0.591. The van der Waals surface area contributed by atoms with Crippen LogP contribution in [0.3, 0.4) is 0 Å². The highest BCUT2D eigenvalue weighted by Gasteiger charge is 2.31. The number of piperidine rings is 1. The lowest BCUT2D eigenvalue weighted by Gasteiger charge is -2.39. The number of rotatable bonds is 3. The van der Waals surface area contributed by atoms with Crippen molar-refractivity contribution in [2.45, 2.75) is 46.5 Å². The normalized spacial score (nSPS) is 25.8. The summed E-state index contributed by atoms with van der Waals surface area (Å²) < 4.78 is 0. The van der Waals surface area contributed by atoms with Crippen LogP contribution in [0.2, 0.25) is 0 Å². The van der Waals surface area contributed by atoms with Crippen molar-refractivity contribution < 1.29 is 0 Å². The van der Waals surface area contributed by atoms with E-state index in [-0.39, 0.29) is 0 Å². The maximum absolute atomic E-state index is 3.51. The zero-order valence-corrected chi connectivity index (χ0v) is 8.82. The minimum absolute atomic E-state index is 0.591. The van der Waals surface area contributed by atoms with E-state index in [0.717, 1.165) is 5.92 Å². The van der Waals surface area contributed by atoms with Crippen molar-refractivity contribution in [1.82, 2.24) is 5.32 Å². The van der Waals surface area contributed by atoms with Crippen LogP contribution in [-0.4, -0.2) is 13.1 Å². The van der Waals surface area contributed by atoms with E-state index >= 15 is 0 Å². The van der Waals surface area contributed by atoms with Crippen molar-refractivity contribution in [1.29, 1.82) is 0 Å². The van der Waals surface area contributed by atoms with Gasteiger partial charge in [-0.3, -0.25) is 0 Å². The fraction of sp³-hybridized carbons (Fsp3) is 1.00. The highest BCUT2D eigenvalue weighted by Crippen LogP contribution is 2.37. The van der Waals surface area contributed by atoms with Gasteiger partial charge in [0.15, 0.2) is 0 Å². The summed E-state index contributed by atoms with van der Waals surface area (Å²) >= 11 is 0. The zero-order chi connectivity index (χ0) is 9.03. The standard InChI is InChI=1S/C11H23N/c1-4-11(3,5-2)10-7-6-8-12-9-10/h10,12H,4-9H2,1-3H3. The molecule has 0 aromatic carbocycles. The molecular formula is C11H23N. The van der Waals surface area contributed by atoms with Gasteiger partial charge in [0.1, 0.15) is 0 Å². The van der Waals surface area contributed by atoms with E-state index in [9.17, 15) is 0 Å². The van der Waals surface area contributed by atoms with Crippen molar-refractivity contribution in [3.8, 4) is 0 Å². The molecule has 1 heteroatoms. The molecule has 0 spiro atoms. The second-order valence-electron chi connectivity index (χ2n) is 4.40. The molecule has 0 saturated carbocycles. The Labute approximate surface area is 76.9 Å². The van der Waals surface area contributed by atoms with E-state index in [2.05, 4.69) is 26.1 Å². The first-order valence-corrected chi connectivity index (χ1v) is 5.43. The lowest BCUT2D eigenvalue weighted by Crippen LogP contribution is -2.39. The summed E-state index contributed by atoms with van der Waals surface area (Å²) in [5, 5.41) is 3.51. The van der Waals surface area contributed by atoms with E-state index in [1.54, 1.807) is 0 Å². The number of hydrogen-bond acceptors (Lipinski definition) is 1.